The standard InChI is InChI=1S/C55H45BN2O4/c1-32-22-45-53-46(23-32)58(54-33(2)24-39(25-34(54)3)55(4,5)6)44-31-52-51(59-20-21-60-52)30-42(44)56(53)41-19-18-38(50-29-37-13-8-10-17-48(37)62-50)27-43(41)57(45)40-15-11-14-35(26-40)49-28-36-12-7-9-16-47(36)61-49/h7-19,22-31H,20-21H2,1-6H3. The summed E-state index contributed by atoms with van der Waals surface area (Å²) in [6.07, 6.45) is 0. The summed E-state index contributed by atoms with van der Waals surface area (Å²) in [4.78, 5) is 4.96. The van der Waals surface area contributed by atoms with E-state index in [9.17, 15) is 0 Å². The molecule has 0 atom stereocenters. The van der Waals surface area contributed by atoms with E-state index >= 15 is 0 Å². The summed E-state index contributed by atoms with van der Waals surface area (Å²) >= 11 is 0. The van der Waals surface area contributed by atoms with Gasteiger partial charge in [0, 0.05) is 56.4 Å². The smallest absolute Gasteiger partial charge is 0.252 e. The molecular formula is C55H45BN2O4. The summed E-state index contributed by atoms with van der Waals surface area (Å²) in [5.41, 5.74) is 19.1. The van der Waals surface area contributed by atoms with Gasteiger partial charge in [0.2, 0.25) is 0 Å². The van der Waals surface area contributed by atoms with Crippen molar-refractivity contribution in [2.75, 3.05) is 23.0 Å². The lowest BCUT2D eigenvalue weighted by Gasteiger charge is -2.45. The number of para-hydroxylation sites is 2. The number of anilines is 6. The molecule has 0 amide bonds. The van der Waals surface area contributed by atoms with Crippen molar-refractivity contribution in [2.45, 2.75) is 47.0 Å². The van der Waals surface area contributed by atoms with Gasteiger partial charge in [-0.1, -0.05) is 93.6 Å². The molecule has 12 rings (SSSR count). The van der Waals surface area contributed by atoms with E-state index in [0.717, 1.165) is 84.5 Å². The summed E-state index contributed by atoms with van der Waals surface area (Å²) in [7, 11) is 0. The summed E-state index contributed by atoms with van der Waals surface area (Å²) in [5.74, 6) is 3.23. The van der Waals surface area contributed by atoms with Crippen LogP contribution in [-0.4, -0.2) is 19.9 Å². The van der Waals surface area contributed by atoms with Gasteiger partial charge in [-0.3, -0.25) is 0 Å². The Balaban J connectivity index is 1.14. The molecule has 62 heavy (non-hydrogen) atoms. The molecule has 0 N–H and O–H groups in total. The van der Waals surface area contributed by atoms with Gasteiger partial charge in [-0.25, -0.2) is 0 Å². The van der Waals surface area contributed by atoms with Crippen molar-refractivity contribution in [1.82, 2.24) is 0 Å². The Labute approximate surface area is 362 Å². The molecule has 7 aromatic carbocycles. The van der Waals surface area contributed by atoms with Gasteiger partial charge in [-0.2, -0.15) is 0 Å². The van der Waals surface area contributed by atoms with E-state index in [0.29, 0.717) is 13.2 Å². The zero-order valence-electron chi connectivity index (χ0n) is 35.8. The monoisotopic (exact) mass is 808 g/mol. The third-order valence-electron chi connectivity index (χ3n) is 13.0. The van der Waals surface area contributed by atoms with Crippen LogP contribution in [-0.2, 0) is 5.41 Å². The molecule has 0 saturated heterocycles. The summed E-state index contributed by atoms with van der Waals surface area (Å²) in [6.45, 7) is 14.5. The number of ether oxygens (including phenoxy) is 2. The zero-order chi connectivity index (χ0) is 42.0. The highest BCUT2D eigenvalue weighted by atomic mass is 16.6. The number of hydrogen-bond donors (Lipinski definition) is 0. The fourth-order valence-electron chi connectivity index (χ4n) is 10.1. The van der Waals surface area contributed by atoms with E-state index in [-0.39, 0.29) is 12.1 Å². The number of aryl methyl sites for hydroxylation is 3. The van der Waals surface area contributed by atoms with Gasteiger partial charge < -0.3 is 28.1 Å². The Morgan fingerprint density at radius 1 is 0.516 bits per heavy atom. The first-order valence-electron chi connectivity index (χ1n) is 21.6. The number of furan rings is 2. The van der Waals surface area contributed by atoms with Gasteiger partial charge in [0.25, 0.3) is 6.71 Å². The highest BCUT2D eigenvalue weighted by molar-refractivity contribution is 7.00. The largest absolute Gasteiger partial charge is 0.486 e. The Kier molecular flexibility index (Phi) is 7.96. The lowest BCUT2D eigenvalue weighted by Crippen LogP contribution is -2.61. The van der Waals surface area contributed by atoms with Crippen molar-refractivity contribution < 1.29 is 18.3 Å². The third-order valence-corrected chi connectivity index (χ3v) is 13.0. The topological polar surface area (TPSA) is 51.2 Å². The normalized spacial score (nSPS) is 14.0. The molecule has 0 bridgehead atoms. The second-order valence-corrected chi connectivity index (χ2v) is 18.2. The predicted octanol–water partition coefficient (Wildman–Crippen LogP) is 12.6. The van der Waals surface area contributed by atoms with E-state index in [1.807, 2.05) is 24.3 Å². The van der Waals surface area contributed by atoms with Crippen LogP contribution in [0.25, 0.3) is 44.6 Å². The van der Waals surface area contributed by atoms with E-state index in [1.165, 1.54) is 44.3 Å². The van der Waals surface area contributed by atoms with Crippen molar-refractivity contribution in [1.29, 1.82) is 0 Å². The van der Waals surface area contributed by atoms with Crippen molar-refractivity contribution >= 4 is 79.2 Å². The van der Waals surface area contributed by atoms with Crippen LogP contribution in [0.2, 0.25) is 0 Å². The number of rotatable bonds is 4. The highest BCUT2D eigenvalue weighted by Crippen LogP contribution is 2.49. The Morgan fingerprint density at radius 3 is 1.76 bits per heavy atom. The number of nitrogens with zero attached hydrogens (tertiary/aromatic N) is 2. The molecule has 3 aliphatic rings. The molecule has 7 heteroatoms. The molecule has 0 unspecified atom stereocenters. The molecule has 9 aromatic rings. The van der Waals surface area contributed by atoms with Gasteiger partial charge in [-0.05, 0) is 125 Å². The number of hydrogen-bond acceptors (Lipinski definition) is 6. The lowest BCUT2D eigenvalue weighted by molar-refractivity contribution is 0.172. The van der Waals surface area contributed by atoms with Crippen LogP contribution in [0.1, 0.15) is 43.0 Å². The fourth-order valence-corrected chi connectivity index (χ4v) is 10.1. The maximum absolute atomic E-state index is 6.53. The Bertz CT molecular complexity index is 3230. The Hall–Kier alpha value is -7.12. The van der Waals surface area contributed by atoms with Gasteiger partial charge >= 0.3 is 0 Å². The maximum atomic E-state index is 6.53. The molecule has 0 saturated carbocycles. The molecule has 5 heterocycles. The molecule has 2 aromatic heterocycles. The van der Waals surface area contributed by atoms with E-state index in [2.05, 4.69) is 167 Å². The van der Waals surface area contributed by atoms with Crippen molar-refractivity contribution in [3.63, 3.8) is 0 Å². The van der Waals surface area contributed by atoms with Crippen molar-refractivity contribution in [2.24, 2.45) is 0 Å². The van der Waals surface area contributed by atoms with Crippen LogP contribution >= 0.6 is 0 Å². The predicted molar refractivity (Wildman–Crippen MR) is 255 cm³/mol. The summed E-state index contributed by atoms with van der Waals surface area (Å²) in [5, 5.41) is 2.16. The molecule has 0 fully saturated rings. The zero-order valence-corrected chi connectivity index (χ0v) is 35.8. The third kappa shape index (κ3) is 5.64. The SMILES string of the molecule is Cc1cc2c3c(c1)N(c1c(C)cc(C(C)(C)C)cc1C)c1cc4c(cc1B3c1ccc(-c3cc5ccccc5o3)cc1N2c1cccc(-c2cc3ccccc3o2)c1)OCCO4. The second kappa shape index (κ2) is 13.4. The van der Waals surface area contributed by atoms with Crippen LogP contribution in [0, 0.1) is 20.8 Å². The second-order valence-electron chi connectivity index (χ2n) is 18.2. The molecule has 6 nitrogen and oxygen atoms in total. The van der Waals surface area contributed by atoms with E-state index < -0.39 is 0 Å². The fraction of sp³-hybridized carbons (Fsp3) is 0.164. The van der Waals surface area contributed by atoms with Gasteiger partial charge in [0.1, 0.15) is 35.9 Å². The summed E-state index contributed by atoms with van der Waals surface area (Å²) in [6, 6.07) is 50.3. The minimum Gasteiger partial charge on any atom is -0.486 e. The van der Waals surface area contributed by atoms with Gasteiger partial charge in [0.15, 0.2) is 11.5 Å². The number of fused-ring (bicyclic) bond motifs is 7. The van der Waals surface area contributed by atoms with Crippen LogP contribution in [0.3, 0.4) is 0 Å². The van der Waals surface area contributed by atoms with Crippen LogP contribution in [0.5, 0.6) is 11.5 Å². The van der Waals surface area contributed by atoms with Crippen molar-refractivity contribution in [3.8, 4) is 34.1 Å². The Morgan fingerprint density at radius 2 is 1.11 bits per heavy atom. The molecule has 302 valence electrons. The molecule has 0 spiro atoms. The molecule has 0 radical (unpaired) electrons. The van der Waals surface area contributed by atoms with Crippen LogP contribution in [0.15, 0.2) is 148 Å². The van der Waals surface area contributed by atoms with Crippen LogP contribution in [0.4, 0.5) is 34.1 Å². The van der Waals surface area contributed by atoms with E-state index in [1.54, 1.807) is 0 Å². The first-order chi connectivity index (χ1) is 30.1. The van der Waals surface area contributed by atoms with Crippen LogP contribution < -0.4 is 35.7 Å². The van der Waals surface area contributed by atoms with Gasteiger partial charge in [0.05, 0.1) is 5.69 Å². The quantitative estimate of drug-likeness (QED) is 0.165. The number of benzene rings is 7. The molecular weight excluding hydrogens is 763 g/mol. The van der Waals surface area contributed by atoms with E-state index in [4.69, 9.17) is 18.3 Å². The summed E-state index contributed by atoms with van der Waals surface area (Å²) < 4.78 is 25.7. The minimum atomic E-state index is -0.105. The maximum Gasteiger partial charge on any atom is 0.252 e. The molecule has 3 aliphatic heterocycles. The van der Waals surface area contributed by atoms with Crippen molar-refractivity contribution in [3.05, 3.63) is 162 Å². The first kappa shape index (κ1) is 36.7. The minimum absolute atomic E-state index is 0.00798. The molecule has 0 aliphatic carbocycles. The average molecular weight is 809 g/mol. The van der Waals surface area contributed by atoms with Gasteiger partial charge in [-0.15, -0.1) is 0 Å². The lowest BCUT2D eigenvalue weighted by atomic mass is 9.33. The average Bonchev–Trinajstić information content (AvgIpc) is 3.91. The highest BCUT2D eigenvalue weighted by Gasteiger charge is 2.45. The first-order valence-corrected chi connectivity index (χ1v) is 21.6.